The van der Waals surface area contributed by atoms with Crippen LogP contribution in [0.15, 0.2) is 42.9 Å². The average molecular weight is 252 g/mol. The summed E-state index contributed by atoms with van der Waals surface area (Å²) in [7, 11) is 0. The van der Waals surface area contributed by atoms with Crippen molar-refractivity contribution < 1.29 is 0 Å². The van der Waals surface area contributed by atoms with Crippen LogP contribution in [0.25, 0.3) is 22.2 Å². The first-order valence-electron chi connectivity index (χ1n) is 6.46. The summed E-state index contributed by atoms with van der Waals surface area (Å²) in [5.41, 5.74) is 9.88. The lowest BCUT2D eigenvalue weighted by molar-refractivity contribution is 0.811. The number of aromatic nitrogens is 3. The molecule has 0 aliphatic heterocycles. The molecule has 0 bridgehead atoms. The summed E-state index contributed by atoms with van der Waals surface area (Å²) in [6, 6.07) is 8.19. The largest absolute Gasteiger partial charge is 0.346 e. The molecular weight excluding hydrogens is 236 g/mol. The number of H-pyrrole nitrogens is 1. The molecule has 4 nitrogen and oxygen atoms in total. The van der Waals surface area contributed by atoms with Crippen molar-refractivity contribution in [1.82, 2.24) is 15.0 Å². The maximum Gasteiger partial charge on any atom is 0.137 e. The van der Waals surface area contributed by atoms with Crippen LogP contribution in [0.4, 0.5) is 0 Å². The zero-order chi connectivity index (χ0) is 13.1. The van der Waals surface area contributed by atoms with Gasteiger partial charge in [0.05, 0.1) is 0 Å². The van der Waals surface area contributed by atoms with Gasteiger partial charge in [0.2, 0.25) is 0 Å². The molecule has 19 heavy (non-hydrogen) atoms. The molecule has 3 rings (SSSR count). The van der Waals surface area contributed by atoms with Crippen molar-refractivity contribution in [2.45, 2.75) is 12.8 Å². The SMILES string of the molecule is NCCCc1cc(-c2c[nH]c3ncccc23)ccn1. The molecule has 0 fully saturated rings. The number of aryl methyl sites for hydroxylation is 1. The van der Waals surface area contributed by atoms with E-state index in [9.17, 15) is 0 Å². The van der Waals surface area contributed by atoms with E-state index in [4.69, 9.17) is 5.73 Å². The maximum atomic E-state index is 5.54. The molecule has 96 valence electrons. The molecule has 0 saturated heterocycles. The van der Waals surface area contributed by atoms with Gasteiger partial charge in [-0.3, -0.25) is 4.98 Å². The van der Waals surface area contributed by atoms with Crippen LogP contribution in [-0.4, -0.2) is 21.5 Å². The second-order valence-corrected chi connectivity index (χ2v) is 4.53. The third-order valence-corrected chi connectivity index (χ3v) is 3.22. The first kappa shape index (κ1) is 11.9. The van der Waals surface area contributed by atoms with Gasteiger partial charge in [0.1, 0.15) is 5.65 Å². The molecule has 0 aliphatic carbocycles. The van der Waals surface area contributed by atoms with E-state index in [1.807, 2.05) is 24.5 Å². The van der Waals surface area contributed by atoms with E-state index in [2.05, 4.69) is 27.1 Å². The Morgan fingerprint density at radius 2 is 2.11 bits per heavy atom. The van der Waals surface area contributed by atoms with Crippen LogP contribution >= 0.6 is 0 Å². The van der Waals surface area contributed by atoms with Gasteiger partial charge in [0, 0.05) is 35.2 Å². The number of nitrogens with one attached hydrogen (secondary N) is 1. The van der Waals surface area contributed by atoms with E-state index in [1.165, 1.54) is 11.1 Å². The highest BCUT2D eigenvalue weighted by atomic mass is 14.8. The molecule has 0 aliphatic rings. The molecule has 3 aromatic rings. The van der Waals surface area contributed by atoms with Crippen LogP contribution in [0.3, 0.4) is 0 Å². The van der Waals surface area contributed by atoms with Gasteiger partial charge in [0.15, 0.2) is 0 Å². The molecule has 0 amide bonds. The van der Waals surface area contributed by atoms with E-state index >= 15 is 0 Å². The summed E-state index contributed by atoms with van der Waals surface area (Å²) in [6.45, 7) is 0.697. The van der Waals surface area contributed by atoms with E-state index in [1.54, 1.807) is 6.20 Å². The number of hydrogen-bond acceptors (Lipinski definition) is 3. The Balaban J connectivity index is 2.01. The van der Waals surface area contributed by atoms with Crippen molar-refractivity contribution in [1.29, 1.82) is 0 Å². The Morgan fingerprint density at radius 1 is 1.16 bits per heavy atom. The van der Waals surface area contributed by atoms with Crippen LogP contribution in [0, 0.1) is 0 Å². The summed E-state index contributed by atoms with van der Waals surface area (Å²) < 4.78 is 0. The number of fused-ring (bicyclic) bond motifs is 1. The highest BCUT2D eigenvalue weighted by Gasteiger charge is 2.07. The first-order chi connectivity index (χ1) is 9.38. The van der Waals surface area contributed by atoms with Gasteiger partial charge in [-0.05, 0) is 49.2 Å². The van der Waals surface area contributed by atoms with Gasteiger partial charge < -0.3 is 10.7 Å². The van der Waals surface area contributed by atoms with Crippen LogP contribution in [0.1, 0.15) is 12.1 Å². The Labute approximate surface area is 111 Å². The molecule has 3 heterocycles. The molecule has 3 N–H and O–H groups in total. The topological polar surface area (TPSA) is 67.6 Å². The molecule has 0 aromatic carbocycles. The van der Waals surface area contributed by atoms with E-state index < -0.39 is 0 Å². The molecule has 0 spiro atoms. The van der Waals surface area contributed by atoms with Crippen LogP contribution in [0.2, 0.25) is 0 Å². The molecular formula is C15H16N4. The number of nitrogens with two attached hydrogens (primary N) is 1. The van der Waals surface area contributed by atoms with Gasteiger partial charge in [-0.15, -0.1) is 0 Å². The zero-order valence-electron chi connectivity index (χ0n) is 10.6. The predicted octanol–water partition coefficient (Wildman–Crippen LogP) is 2.52. The Kier molecular flexibility index (Phi) is 3.25. The second-order valence-electron chi connectivity index (χ2n) is 4.53. The van der Waals surface area contributed by atoms with Crippen LogP contribution in [0.5, 0.6) is 0 Å². The Hall–Kier alpha value is -2.20. The van der Waals surface area contributed by atoms with Gasteiger partial charge in [-0.2, -0.15) is 0 Å². The molecule has 0 radical (unpaired) electrons. The normalized spacial score (nSPS) is 11.0. The third-order valence-electron chi connectivity index (χ3n) is 3.22. The van der Waals surface area contributed by atoms with Crippen molar-refractivity contribution in [3.8, 4) is 11.1 Å². The van der Waals surface area contributed by atoms with Gasteiger partial charge in [0.25, 0.3) is 0 Å². The summed E-state index contributed by atoms with van der Waals surface area (Å²) in [4.78, 5) is 11.9. The lowest BCUT2D eigenvalue weighted by Gasteiger charge is -2.03. The minimum atomic E-state index is 0.697. The third kappa shape index (κ3) is 2.35. The lowest BCUT2D eigenvalue weighted by Crippen LogP contribution is -2.01. The summed E-state index contributed by atoms with van der Waals surface area (Å²) in [6.07, 6.45) is 7.54. The standard InChI is InChI=1S/C15H16N4/c16-6-1-3-12-9-11(5-8-17-12)14-10-19-15-13(14)4-2-7-18-15/h2,4-5,7-10H,1,3,6,16H2,(H,18,19). The summed E-state index contributed by atoms with van der Waals surface area (Å²) >= 11 is 0. The maximum absolute atomic E-state index is 5.54. The van der Waals surface area contributed by atoms with E-state index in [0.717, 1.165) is 29.6 Å². The van der Waals surface area contributed by atoms with Crippen molar-refractivity contribution >= 4 is 11.0 Å². The van der Waals surface area contributed by atoms with Gasteiger partial charge >= 0.3 is 0 Å². The quantitative estimate of drug-likeness (QED) is 0.749. The fraction of sp³-hybridized carbons (Fsp3) is 0.200. The number of aromatic amines is 1. The highest BCUT2D eigenvalue weighted by molar-refractivity contribution is 5.93. The van der Waals surface area contributed by atoms with Crippen LogP contribution in [-0.2, 0) is 6.42 Å². The van der Waals surface area contributed by atoms with E-state index in [-0.39, 0.29) is 0 Å². The van der Waals surface area contributed by atoms with Gasteiger partial charge in [-0.25, -0.2) is 4.98 Å². The number of hydrogen-bond donors (Lipinski definition) is 2. The van der Waals surface area contributed by atoms with Crippen molar-refractivity contribution in [2.24, 2.45) is 5.73 Å². The predicted molar refractivity (Wildman–Crippen MR) is 76.7 cm³/mol. The van der Waals surface area contributed by atoms with E-state index in [0.29, 0.717) is 6.54 Å². The number of pyridine rings is 2. The summed E-state index contributed by atoms with van der Waals surface area (Å²) in [5.74, 6) is 0. The molecule has 4 heteroatoms. The van der Waals surface area contributed by atoms with Crippen molar-refractivity contribution in [3.05, 3.63) is 48.5 Å². The zero-order valence-corrected chi connectivity index (χ0v) is 10.6. The smallest absolute Gasteiger partial charge is 0.137 e. The lowest BCUT2D eigenvalue weighted by atomic mass is 10.1. The molecule has 0 atom stereocenters. The first-order valence-corrected chi connectivity index (χ1v) is 6.46. The second kappa shape index (κ2) is 5.20. The monoisotopic (exact) mass is 252 g/mol. The minimum absolute atomic E-state index is 0.697. The fourth-order valence-electron chi connectivity index (χ4n) is 2.26. The van der Waals surface area contributed by atoms with Crippen molar-refractivity contribution in [3.63, 3.8) is 0 Å². The van der Waals surface area contributed by atoms with Crippen molar-refractivity contribution in [2.75, 3.05) is 6.54 Å². The number of rotatable bonds is 4. The molecule has 0 unspecified atom stereocenters. The van der Waals surface area contributed by atoms with Gasteiger partial charge in [-0.1, -0.05) is 0 Å². The highest BCUT2D eigenvalue weighted by Crippen LogP contribution is 2.27. The Bertz CT molecular complexity index is 687. The molecule has 3 aromatic heterocycles. The van der Waals surface area contributed by atoms with Crippen LogP contribution < -0.4 is 5.73 Å². The summed E-state index contributed by atoms with van der Waals surface area (Å²) in [5, 5.41) is 1.14. The Morgan fingerprint density at radius 3 is 3.00 bits per heavy atom. The number of nitrogens with zero attached hydrogens (tertiary/aromatic N) is 2. The fourth-order valence-corrected chi connectivity index (χ4v) is 2.26. The molecule has 0 saturated carbocycles. The average Bonchev–Trinajstić information content (AvgIpc) is 2.89. The minimum Gasteiger partial charge on any atom is -0.346 e.